The molecule has 2 fully saturated rings. The number of fused-ring (bicyclic) bond motifs is 2. The van der Waals surface area contributed by atoms with Crippen LogP contribution < -0.4 is 10.1 Å². The minimum atomic E-state index is 0.176. The molecule has 3 atom stereocenters. The molecule has 5 rings (SSSR count). The molecule has 0 spiro atoms. The first kappa shape index (κ1) is 25.6. The van der Waals surface area contributed by atoms with Crippen LogP contribution in [0.3, 0.4) is 0 Å². The molecule has 0 bridgehead atoms. The lowest BCUT2D eigenvalue weighted by Gasteiger charge is -2.36. The van der Waals surface area contributed by atoms with Crippen LogP contribution in [0.25, 0.3) is 0 Å². The molecular formula is C30H41N3O2S. The van der Waals surface area contributed by atoms with Gasteiger partial charge in [-0.1, -0.05) is 43.2 Å². The summed E-state index contributed by atoms with van der Waals surface area (Å²) in [6, 6.07) is 17.3. The van der Waals surface area contributed by atoms with Crippen LogP contribution >= 0.6 is 11.8 Å². The van der Waals surface area contributed by atoms with Crippen molar-refractivity contribution in [3.8, 4) is 5.75 Å². The number of rotatable bonds is 8. The molecule has 2 aliphatic heterocycles. The second kappa shape index (κ2) is 12.5. The summed E-state index contributed by atoms with van der Waals surface area (Å²) in [6.07, 6.45) is 6.74. The second-order valence-electron chi connectivity index (χ2n) is 10.7. The molecule has 2 aromatic carbocycles. The van der Waals surface area contributed by atoms with Crippen molar-refractivity contribution in [3.63, 3.8) is 0 Å². The monoisotopic (exact) mass is 507 g/mol. The molecule has 0 aromatic heterocycles. The van der Waals surface area contributed by atoms with Gasteiger partial charge in [0.15, 0.2) is 0 Å². The van der Waals surface area contributed by atoms with Crippen molar-refractivity contribution in [1.82, 2.24) is 15.1 Å². The lowest BCUT2D eigenvalue weighted by Crippen LogP contribution is -2.46. The van der Waals surface area contributed by atoms with E-state index in [0.29, 0.717) is 12.3 Å². The summed E-state index contributed by atoms with van der Waals surface area (Å²) in [6.45, 7) is 6.32. The highest BCUT2D eigenvalue weighted by Crippen LogP contribution is 2.46. The molecule has 0 radical (unpaired) electrons. The first-order chi connectivity index (χ1) is 17.7. The van der Waals surface area contributed by atoms with Crippen LogP contribution in [0.4, 0.5) is 0 Å². The molecule has 2 aromatic rings. The van der Waals surface area contributed by atoms with Crippen molar-refractivity contribution in [2.75, 3.05) is 45.6 Å². The van der Waals surface area contributed by atoms with Gasteiger partial charge in [0.05, 0.1) is 13.2 Å². The van der Waals surface area contributed by atoms with E-state index in [2.05, 4.69) is 51.5 Å². The second-order valence-corrected chi connectivity index (χ2v) is 11.7. The SMILES string of the molecule is COc1ccc(CN2CCN(CCCC(=O)N[C@H]3c4ccccc4SC[C@@H]4CCCC[C@H]43)CC2)cc1. The van der Waals surface area contributed by atoms with Crippen LogP contribution in [-0.4, -0.2) is 61.3 Å². The van der Waals surface area contributed by atoms with Gasteiger partial charge >= 0.3 is 0 Å². The van der Waals surface area contributed by atoms with Crippen molar-refractivity contribution in [1.29, 1.82) is 0 Å². The number of carbonyl (C=O) groups is 1. The van der Waals surface area contributed by atoms with Gasteiger partial charge in [-0.05, 0) is 67.0 Å². The highest BCUT2D eigenvalue weighted by Gasteiger charge is 2.37. The molecule has 5 nitrogen and oxygen atoms in total. The Hall–Kier alpha value is -2.02. The lowest BCUT2D eigenvalue weighted by molar-refractivity contribution is -0.122. The van der Waals surface area contributed by atoms with E-state index in [1.54, 1.807) is 7.11 Å². The van der Waals surface area contributed by atoms with E-state index in [1.807, 2.05) is 23.9 Å². The van der Waals surface area contributed by atoms with Crippen molar-refractivity contribution in [2.24, 2.45) is 11.8 Å². The summed E-state index contributed by atoms with van der Waals surface area (Å²) in [4.78, 5) is 19.5. The van der Waals surface area contributed by atoms with Crippen LogP contribution in [0.2, 0.25) is 0 Å². The van der Waals surface area contributed by atoms with Gasteiger partial charge in [0.25, 0.3) is 0 Å². The van der Waals surface area contributed by atoms with Gasteiger partial charge in [-0.25, -0.2) is 0 Å². The highest BCUT2D eigenvalue weighted by atomic mass is 32.2. The van der Waals surface area contributed by atoms with Crippen LogP contribution in [-0.2, 0) is 11.3 Å². The zero-order valence-electron chi connectivity index (χ0n) is 21.7. The molecule has 2 heterocycles. The number of nitrogens with one attached hydrogen (secondary N) is 1. The maximum Gasteiger partial charge on any atom is 0.220 e. The Morgan fingerprint density at radius 2 is 1.75 bits per heavy atom. The average molecular weight is 508 g/mol. The third-order valence-electron chi connectivity index (χ3n) is 8.33. The zero-order valence-corrected chi connectivity index (χ0v) is 22.5. The van der Waals surface area contributed by atoms with Crippen LogP contribution in [0.5, 0.6) is 5.75 Å². The Kier molecular flexibility index (Phi) is 8.88. The number of amides is 1. The number of hydrogen-bond donors (Lipinski definition) is 1. The molecule has 1 N–H and O–H groups in total. The fourth-order valence-electron chi connectivity index (χ4n) is 6.23. The summed E-state index contributed by atoms with van der Waals surface area (Å²) >= 11 is 2.00. The van der Waals surface area contributed by atoms with Crippen LogP contribution in [0.15, 0.2) is 53.4 Å². The minimum Gasteiger partial charge on any atom is -0.497 e. The predicted octanol–water partition coefficient (Wildman–Crippen LogP) is 5.36. The number of piperazine rings is 1. The van der Waals surface area contributed by atoms with Crippen LogP contribution in [0.1, 0.15) is 55.7 Å². The number of hydrogen-bond acceptors (Lipinski definition) is 5. The van der Waals surface area contributed by atoms with Crippen LogP contribution in [0, 0.1) is 11.8 Å². The fourth-order valence-corrected chi connectivity index (χ4v) is 7.58. The average Bonchev–Trinajstić information content (AvgIpc) is 3.07. The molecule has 6 heteroatoms. The quantitative estimate of drug-likeness (QED) is 0.521. The molecule has 194 valence electrons. The van der Waals surface area contributed by atoms with Gasteiger partial charge in [-0.15, -0.1) is 11.8 Å². The Bertz CT molecular complexity index is 990. The first-order valence-corrected chi connectivity index (χ1v) is 14.8. The van der Waals surface area contributed by atoms with Crippen molar-refractivity contribution >= 4 is 17.7 Å². The van der Waals surface area contributed by atoms with Crippen molar-refractivity contribution in [2.45, 2.75) is 56.0 Å². The molecule has 0 unspecified atom stereocenters. The van der Waals surface area contributed by atoms with Gasteiger partial charge in [0.1, 0.15) is 5.75 Å². The summed E-state index contributed by atoms with van der Waals surface area (Å²) in [5.74, 6) is 3.63. The molecule has 1 saturated heterocycles. The van der Waals surface area contributed by atoms with Crippen molar-refractivity contribution < 1.29 is 9.53 Å². The van der Waals surface area contributed by atoms with Gasteiger partial charge in [0, 0.05) is 49.8 Å². The summed E-state index contributed by atoms with van der Waals surface area (Å²) in [5, 5.41) is 3.51. The molecule has 3 aliphatic rings. The van der Waals surface area contributed by atoms with Crippen molar-refractivity contribution in [3.05, 3.63) is 59.7 Å². The summed E-state index contributed by atoms with van der Waals surface area (Å²) < 4.78 is 5.26. The van der Waals surface area contributed by atoms with E-state index in [4.69, 9.17) is 4.74 Å². The Morgan fingerprint density at radius 3 is 2.56 bits per heavy atom. The van der Waals surface area contributed by atoms with Gasteiger partial charge in [-0.2, -0.15) is 0 Å². The number of benzene rings is 2. The first-order valence-electron chi connectivity index (χ1n) is 13.8. The normalized spacial score (nSPS) is 24.9. The predicted molar refractivity (Wildman–Crippen MR) is 147 cm³/mol. The van der Waals surface area contributed by atoms with E-state index in [9.17, 15) is 4.79 Å². The summed E-state index contributed by atoms with van der Waals surface area (Å²) in [5.41, 5.74) is 2.68. The Labute approximate surface area is 221 Å². The molecule has 36 heavy (non-hydrogen) atoms. The third kappa shape index (κ3) is 6.45. The Morgan fingerprint density at radius 1 is 1.00 bits per heavy atom. The zero-order chi connectivity index (χ0) is 24.7. The Balaban J connectivity index is 1.07. The topological polar surface area (TPSA) is 44.8 Å². The molecule has 1 saturated carbocycles. The number of thioether (sulfide) groups is 1. The fraction of sp³-hybridized carbons (Fsp3) is 0.567. The highest BCUT2D eigenvalue weighted by molar-refractivity contribution is 7.99. The number of nitrogens with zero attached hydrogens (tertiary/aromatic N) is 2. The summed E-state index contributed by atoms with van der Waals surface area (Å²) in [7, 11) is 1.71. The number of carbonyl (C=O) groups excluding carboxylic acids is 1. The van der Waals surface area contributed by atoms with Gasteiger partial charge in [0.2, 0.25) is 5.91 Å². The van der Waals surface area contributed by atoms with E-state index in [-0.39, 0.29) is 11.9 Å². The lowest BCUT2D eigenvalue weighted by atomic mass is 9.74. The largest absolute Gasteiger partial charge is 0.497 e. The smallest absolute Gasteiger partial charge is 0.220 e. The third-order valence-corrected chi connectivity index (χ3v) is 9.61. The molecule has 1 amide bonds. The standard InChI is InChI=1S/C30H41N3O2S/c1-35-25-14-12-23(13-15-25)21-33-19-17-32(18-20-33)16-6-11-29(34)31-30-26-8-3-2-7-24(26)22-36-28-10-5-4-9-27(28)30/h4-5,9-10,12-15,24,26,30H,2-3,6-8,11,16-22H2,1H3,(H,31,34)/t24-,26+,30+/m0/s1. The number of methoxy groups -OCH3 is 1. The van der Waals surface area contributed by atoms with E-state index < -0.39 is 0 Å². The molecular weight excluding hydrogens is 466 g/mol. The number of ether oxygens (including phenoxy) is 1. The maximum atomic E-state index is 13.1. The van der Waals surface area contributed by atoms with E-state index >= 15 is 0 Å². The van der Waals surface area contributed by atoms with E-state index in [0.717, 1.165) is 57.4 Å². The maximum absolute atomic E-state index is 13.1. The van der Waals surface area contributed by atoms with Gasteiger partial charge < -0.3 is 15.0 Å². The molecule has 1 aliphatic carbocycles. The van der Waals surface area contributed by atoms with Gasteiger partial charge in [-0.3, -0.25) is 9.69 Å². The van der Waals surface area contributed by atoms with E-state index in [1.165, 1.54) is 47.5 Å². The minimum absolute atomic E-state index is 0.176.